The van der Waals surface area contributed by atoms with Crippen LogP contribution in [0, 0.1) is 13.8 Å². The van der Waals surface area contributed by atoms with Crippen LogP contribution >= 0.6 is 35.3 Å². The van der Waals surface area contributed by atoms with Gasteiger partial charge in [0.1, 0.15) is 0 Å². The molecular formula is C16H23IN4S. The molecule has 0 aliphatic heterocycles. The largest absolute Gasteiger partial charge is 0.351 e. The first-order chi connectivity index (χ1) is 10.1. The van der Waals surface area contributed by atoms with Crippen molar-refractivity contribution >= 4 is 41.3 Å². The van der Waals surface area contributed by atoms with Crippen molar-refractivity contribution in [2.24, 2.45) is 4.99 Å². The van der Waals surface area contributed by atoms with E-state index >= 15 is 0 Å². The summed E-state index contributed by atoms with van der Waals surface area (Å²) in [5.74, 6) is 0.803. The molecule has 0 radical (unpaired) electrons. The number of nitrogens with one attached hydrogen (secondary N) is 2. The molecular weight excluding hydrogens is 407 g/mol. The molecule has 4 nitrogen and oxygen atoms in total. The Labute approximate surface area is 153 Å². The Balaban J connectivity index is 0.00000242. The number of hydrogen-bond acceptors (Lipinski definition) is 3. The SMILES string of the molecule is CN=C(NCc1sc(C)nc1C)NC(C)c1ccccc1.I. The maximum atomic E-state index is 4.44. The predicted octanol–water partition coefficient (Wildman–Crippen LogP) is 3.80. The summed E-state index contributed by atoms with van der Waals surface area (Å²) in [6.45, 7) is 6.96. The van der Waals surface area contributed by atoms with E-state index in [2.05, 4.69) is 39.7 Å². The van der Waals surface area contributed by atoms with E-state index < -0.39 is 0 Å². The van der Waals surface area contributed by atoms with Gasteiger partial charge in [-0.2, -0.15) is 0 Å². The smallest absolute Gasteiger partial charge is 0.191 e. The first kappa shape index (κ1) is 18.9. The van der Waals surface area contributed by atoms with Gasteiger partial charge >= 0.3 is 0 Å². The molecule has 1 aromatic carbocycles. The molecule has 2 aromatic rings. The number of guanidine groups is 1. The van der Waals surface area contributed by atoms with Gasteiger partial charge in [-0.25, -0.2) is 4.98 Å². The minimum absolute atomic E-state index is 0. The average Bonchev–Trinajstić information content (AvgIpc) is 2.82. The maximum absolute atomic E-state index is 4.44. The summed E-state index contributed by atoms with van der Waals surface area (Å²) in [6, 6.07) is 10.6. The summed E-state index contributed by atoms with van der Waals surface area (Å²) in [7, 11) is 1.79. The highest BCUT2D eigenvalue weighted by Gasteiger charge is 2.09. The molecule has 0 fully saturated rings. The Kier molecular flexibility index (Phi) is 7.81. The van der Waals surface area contributed by atoms with E-state index in [1.807, 2.05) is 32.0 Å². The highest BCUT2D eigenvalue weighted by atomic mass is 127. The van der Waals surface area contributed by atoms with E-state index in [0.29, 0.717) is 0 Å². The predicted molar refractivity (Wildman–Crippen MR) is 105 cm³/mol. The third-order valence-electron chi connectivity index (χ3n) is 3.29. The molecule has 22 heavy (non-hydrogen) atoms. The van der Waals surface area contributed by atoms with Crippen LogP contribution in [0.2, 0.25) is 0 Å². The van der Waals surface area contributed by atoms with E-state index in [1.165, 1.54) is 10.4 Å². The fourth-order valence-corrected chi connectivity index (χ4v) is 3.00. The summed E-state index contributed by atoms with van der Waals surface area (Å²) in [5.41, 5.74) is 2.34. The van der Waals surface area contributed by atoms with Crippen LogP contribution < -0.4 is 10.6 Å². The van der Waals surface area contributed by atoms with E-state index in [9.17, 15) is 0 Å². The Morgan fingerprint density at radius 3 is 2.50 bits per heavy atom. The van der Waals surface area contributed by atoms with Crippen LogP contribution in [0.1, 0.15) is 34.1 Å². The molecule has 2 N–H and O–H groups in total. The highest BCUT2D eigenvalue weighted by Crippen LogP contribution is 2.16. The van der Waals surface area contributed by atoms with Gasteiger partial charge in [0.05, 0.1) is 23.3 Å². The lowest BCUT2D eigenvalue weighted by atomic mass is 10.1. The number of hydrogen-bond donors (Lipinski definition) is 2. The zero-order valence-electron chi connectivity index (χ0n) is 13.4. The van der Waals surface area contributed by atoms with Crippen molar-refractivity contribution in [3.63, 3.8) is 0 Å². The zero-order chi connectivity index (χ0) is 15.2. The second kappa shape index (κ2) is 9.09. The van der Waals surface area contributed by atoms with Crippen LogP contribution in [0.4, 0.5) is 0 Å². The van der Waals surface area contributed by atoms with Gasteiger partial charge in [0.25, 0.3) is 0 Å². The van der Waals surface area contributed by atoms with Crippen molar-refractivity contribution < 1.29 is 0 Å². The number of aromatic nitrogens is 1. The van der Waals surface area contributed by atoms with Gasteiger partial charge in [-0.15, -0.1) is 35.3 Å². The molecule has 6 heteroatoms. The van der Waals surface area contributed by atoms with Gasteiger partial charge in [-0.05, 0) is 26.3 Å². The first-order valence-corrected chi connectivity index (χ1v) is 7.87. The lowest BCUT2D eigenvalue weighted by molar-refractivity contribution is 0.686. The van der Waals surface area contributed by atoms with Crippen LogP contribution in [0.3, 0.4) is 0 Å². The fourth-order valence-electron chi connectivity index (χ4n) is 2.13. The van der Waals surface area contributed by atoms with Crippen molar-refractivity contribution in [2.75, 3.05) is 7.05 Å². The topological polar surface area (TPSA) is 49.3 Å². The monoisotopic (exact) mass is 430 g/mol. The number of rotatable bonds is 4. The number of aliphatic imine (C=N–C) groups is 1. The molecule has 1 heterocycles. The van der Waals surface area contributed by atoms with Crippen LogP contribution in [-0.2, 0) is 6.54 Å². The number of halogens is 1. The van der Waals surface area contributed by atoms with Gasteiger partial charge in [0, 0.05) is 11.9 Å². The van der Waals surface area contributed by atoms with E-state index in [4.69, 9.17) is 0 Å². The van der Waals surface area contributed by atoms with Crippen LogP contribution in [0.15, 0.2) is 35.3 Å². The molecule has 0 spiro atoms. The molecule has 2 rings (SSSR count). The second-order valence-electron chi connectivity index (χ2n) is 4.94. The fraction of sp³-hybridized carbons (Fsp3) is 0.375. The van der Waals surface area contributed by atoms with Gasteiger partial charge in [-0.1, -0.05) is 30.3 Å². The molecule has 0 saturated carbocycles. The van der Waals surface area contributed by atoms with Crippen LogP contribution in [0.5, 0.6) is 0 Å². The van der Waals surface area contributed by atoms with Crippen LogP contribution in [-0.4, -0.2) is 18.0 Å². The molecule has 120 valence electrons. The summed E-state index contributed by atoms with van der Waals surface area (Å²) < 4.78 is 0. The zero-order valence-corrected chi connectivity index (χ0v) is 16.5. The van der Waals surface area contributed by atoms with E-state index in [1.54, 1.807) is 18.4 Å². The molecule has 0 aliphatic carbocycles. The molecule has 1 unspecified atom stereocenters. The Bertz CT molecular complexity index is 610. The Morgan fingerprint density at radius 2 is 1.95 bits per heavy atom. The van der Waals surface area contributed by atoms with E-state index in [0.717, 1.165) is 23.2 Å². The summed E-state index contributed by atoms with van der Waals surface area (Å²) in [5, 5.41) is 7.85. The Hall–Kier alpha value is -1.15. The minimum Gasteiger partial charge on any atom is -0.351 e. The van der Waals surface area contributed by atoms with Crippen LogP contribution in [0.25, 0.3) is 0 Å². The van der Waals surface area contributed by atoms with Crippen molar-refractivity contribution in [2.45, 2.75) is 33.4 Å². The molecule has 0 bridgehead atoms. The molecule has 0 saturated heterocycles. The summed E-state index contributed by atoms with van der Waals surface area (Å²) in [4.78, 5) is 9.98. The molecule has 1 atom stereocenters. The minimum atomic E-state index is 0. The number of aryl methyl sites for hydroxylation is 2. The van der Waals surface area contributed by atoms with Crippen molar-refractivity contribution in [3.8, 4) is 0 Å². The summed E-state index contributed by atoms with van der Waals surface area (Å²) >= 11 is 1.73. The number of benzene rings is 1. The lowest BCUT2D eigenvalue weighted by Gasteiger charge is -2.18. The third-order valence-corrected chi connectivity index (χ3v) is 4.37. The lowest BCUT2D eigenvalue weighted by Crippen LogP contribution is -2.38. The normalized spacial score (nSPS) is 12.5. The third kappa shape index (κ3) is 5.24. The number of nitrogens with zero attached hydrogens (tertiary/aromatic N) is 2. The standard InChI is InChI=1S/C16H22N4S.HI/c1-11(14-8-6-5-7-9-14)20-16(17-4)18-10-15-12(2)19-13(3)21-15;/h5-9,11H,10H2,1-4H3,(H2,17,18,20);1H. The van der Waals surface area contributed by atoms with Crippen molar-refractivity contribution in [3.05, 3.63) is 51.5 Å². The molecule has 0 amide bonds. The average molecular weight is 430 g/mol. The first-order valence-electron chi connectivity index (χ1n) is 7.05. The summed E-state index contributed by atoms with van der Waals surface area (Å²) in [6.07, 6.45) is 0. The highest BCUT2D eigenvalue weighted by molar-refractivity contribution is 14.0. The van der Waals surface area contributed by atoms with Gasteiger partial charge in [-0.3, -0.25) is 4.99 Å². The Morgan fingerprint density at radius 1 is 1.27 bits per heavy atom. The molecule has 1 aromatic heterocycles. The molecule has 0 aliphatic rings. The van der Waals surface area contributed by atoms with Crippen molar-refractivity contribution in [1.82, 2.24) is 15.6 Å². The van der Waals surface area contributed by atoms with Gasteiger partial charge in [0.15, 0.2) is 5.96 Å². The maximum Gasteiger partial charge on any atom is 0.191 e. The van der Waals surface area contributed by atoms with E-state index in [-0.39, 0.29) is 30.0 Å². The van der Waals surface area contributed by atoms with Crippen molar-refractivity contribution in [1.29, 1.82) is 0 Å². The van der Waals surface area contributed by atoms with Gasteiger partial charge < -0.3 is 10.6 Å². The van der Waals surface area contributed by atoms with Gasteiger partial charge in [0.2, 0.25) is 0 Å². The second-order valence-corrected chi connectivity index (χ2v) is 6.23. The number of thiazole rings is 1. The quantitative estimate of drug-likeness (QED) is 0.441.